The summed E-state index contributed by atoms with van der Waals surface area (Å²) >= 11 is 0. The minimum atomic E-state index is 0.333. The van der Waals surface area contributed by atoms with E-state index in [-0.39, 0.29) is 0 Å². The maximum absolute atomic E-state index is 10.6. The van der Waals surface area contributed by atoms with E-state index in [0.29, 0.717) is 16.8 Å². The lowest BCUT2D eigenvalue weighted by molar-refractivity contribution is 1.12. The number of benzene rings is 8. The van der Waals surface area contributed by atoms with Gasteiger partial charge in [-0.1, -0.05) is 103 Å². The fourth-order valence-electron chi connectivity index (χ4n) is 8.70. The van der Waals surface area contributed by atoms with Gasteiger partial charge in [-0.2, -0.15) is 10.5 Å². The first kappa shape index (κ1) is 29.2. The van der Waals surface area contributed by atoms with Crippen LogP contribution >= 0.6 is 0 Å². The number of rotatable bonds is 3. The van der Waals surface area contributed by atoms with Gasteiger partial charge in [-0.05, 0) is 71.4 Å². The quantitative estimate of drug-likeness (QED) is 0.187. The Morgan fingerprint density at radius 1 is 0.358 bits per heavy atom. The topological polar surface area (TPSA) is 62.4 Å². The van der Waals surface area contributed by atoms with E-state index in [0.717, 1.165) is 76.8 Å². The van der Waals surface area contributed by atoms with Gasteiger partial charge >= 0.3 is 0 Å². The highest BCUT2D eigenvalue weighted by molar-refractivity contribution is 6.22. The first-order valence-corrected chi connectivity index (χ1v) is 17.6. The first-order chi connectivity index (χ1) is 26.2. The molecule has 0 amide bonds. The van der Waals surface area contributed by atoms with E-state index in [1.807, 2.05) is 30.3 Å². The molecule has 3 aromatic heterocycles. The Kier molecular flexibility index (Phi) is 6.02. The lowest BCUT2D eigenvalue weighted by atomic mass is 10.0. The maximum Gasteiger partial charge on any atom is 0.103 e. The summed E-state index contributed by atoms with van der Waals surface area (Å²) in [4.78, 5) is 0. The SMILES string of the molecule is N#Cc1cc(-n2c3ccc(-n4c5ccccc5c5ccccc54)cc3c3c4ccccc4ccc32)cc(-n2c3ccccc3c3ccccc32)c1C#N. The van der Waals surface area contributed by atoms with Crippen LogP contribution in [0.4, 0.5) is 0 Å². The Morgan fingerprint density at radius 3 is 1.43 bits per heavy atom. The summed E-state index contributed by atoms with van der Waals surface area (Å²) in [5.41, 5.74) is 9.57. The summed E-state index contributed by atoms with van der Waals surface area (Å²) in [5, 5.41) is 30.4. The highest BCUT2D eigenvalue weighted by atomic mass is 15.0. The van der Waals surface area contributed by atoms with Crippen LogP contribution < -0.4 is 0 Å². The monoisotopic (exact) mass is 673 g/mol. The Balaban J connectivity index is 1.26. The summed E-state index contributed by atoms with van der Waals surface area (Å²) in [6.07, 6.45) is 0. The number of hydrogen-bond acceptors (Lipinski definition) is 2. The van der Waals surface area contributed by atoms with Gasteiger partial charge in [0.25, 0.3) is 0 Å². The lowest BCUT2D eigenvalue weighted by Crippen LogP contribution is -2.04. The van der Waals surface area contributed by atoms with Crippen LogP contribution in [0.5, 0.6) is 0 Å². The first-order valence-electron chi connectivity index (χ1n) is 17.6. The minimum Gasteiger partial charge on any atom is -0.309 e. The van der Waals surface area contributed by atoms with Crippen molar-refractivity contribution in [2.45, 2.75) is 0 Å². The van der Waals surface area contributed by atoms with Crippen molar-refractivity contribution < 1.29 is 0 Å². The van der Waals surface area contributed by atoms with Gasteiger partial charge in [-0.15, -0.1) is 0 Å². The molecule has 0 unspecified atom stereocenters. The molecule has 11 aromatic rings. The number of hydrogen-bond donors (Lipinski definition) is 0. The molecule has 5 heteroatoms. The molecule has 0 fully saturated rings. The van der Waals surface area contributed by atoms with Crippen LogP contribution in [-0.4, -0.2) is 13.7 Å². The molecule has 0 bridgehead atoms. The molecule has 0 saturated carbocycles. The summed E-state index contributed by atoms with van der Waals surface area (Å²) < 4.78 is 6.75. The molecule has 0 aliphatic carbocycles. The second kappa shape index (κ2) is 10.9. The molecule has 0 saturated heterocycles. The largest absolute Gasteiger partial charge is 0.309 e. The summed E-state index contributed by atoms with van der Waals surface area (Å²) in [6.45, 7) is 0. The van der Waals surface area contributed by atoms with Crippen molar-refractivity contribution in [1.29, 1.82) is 10.5 Å². The van der Waals surface area contributed by atoms with Crippen LogP contribution in [-0.2, 0) is 0 Å². The van der Waals surface area contributed by atoms with Gasteiger partial charge in [0.1, 0.15) is 12.1 Å². The van der Waals surface area contributed by atoms with Crippen molar-refractivity contribution in [1.82, 2.24) is 13.7 Å². The van der Waals surface area contributed by atoms with Gasteiger partial charge in [0.2, 0.25) is 0 Å². The van der Waals surface area contributed by atoms with E-state index >= 15 is 0 Å². The summed E-state index contributed by atoms with van der Waals surface area (Å²) in [5.74, 6) is 0. The van der Waals surface area contributed by atoms with Crippen molar-refractivity contribution in [2.75, 3.05) is 0 Å². The van der Waals surface area contributed by atoms with E-state index in [1.165, 1.54) is 10.8 Å². The molecule has 8 aromatic carbocycles. The molecule has 3 heterocycles. The standard InChI is InChI=1S/C48H27N5/c49-28-31-25-33(27-47(40(31)29-50)53-43-19-9-5-15-37(43)38-16-6-10-20-44(38)53)52-45-24-22-32(26-39(45)48-34-12-2-1-11-30(34)21-23-46(48)52)51-41-17-7-3-13-35(41)36-14-4-8-18-42(36)51/h1-27H. The van der Waals surface area contributed by atoms with Gasteiger partial charge in [-0.3, -0.25) is 0 Å². The Morgan fingerprint density at radius 2 is 0.849 bits per heavy atom. The normalized spacial score (nSPS) is 11.7. The second-order valence-corrected chi connectivity index (χ2v) is 13.6. The van der Waals surface area contributed by atoms with Crippen LogP contribution in [0, 0.1) is 22.7 Å². The smallest absolute Gasteiger partial charge is 0.103 e. The molecule has 0 aliphatic heterocycles. The highest BCUT2D eigenvalue weighted by Crippen LogP contribution is 2.41. The number of fused-ring (bicyclic) bond motifs is 11. The van der Waals surface area contributed by atoms with Crippen molar-refractivity contribution in [3.63, 3.8) is 0 Å². The number of nitriles is 2. The molecule has 11 rings (SSSR count). The highest BCUT2D eigenvalue weighted by Gasteiger charge is 2.22. The average Bonchev–Trinajstić information content (AvgIpc) is 3.86. The van der Waals surface area contributed by atoms with Gasteiger partial charge in [0.05, 0.1) is 49.9 Å². The van der Waals surface area contributed by atoms with Crippen molar-refractivity contribution >= 4 is 76.2 Å². The fourth-order valence-corrected chi connectivity index (χ4v) is 8.70. The average molecular weight is 674 g/mol. The molecule has 0 aliphatic rings. The summed E-state index contributed by atoms with van der Waals surface area (Å²) in [7, 11) is 0. The second-order valence-electron chi connectivity index (χ2n) is 13.6. The minimum absolute atomic E-state index is 0.333. The molecule has 53 heavy (non-hydrogen) atoms. The van der Waals surface area contributed by atoms with E-state index in [9.17, 15) is 10.5 Å². The Hall–Kier alpha value is -7.60. The Labute approximate surface area is 303 Å². The van der Waals surface area contributed by atoms with Gasteiger partial charge in [0, 0.05) is 43.7 Å². The predicted molar refractivity (Wildman–Crippen MR) is 216 cm³/mol. The third kappa shape index (κ3) is 3.99. The molecule has 0 spiro atoms. The van der Waals surface area contributed by atoms with Gasteiger partial charge < -0.3 is 13.7 Å². The molecule has 0 N–H and O–H groups in total. The van der Waals surface area contributed by atoms with E-state index in [2.05, 4.69) is 159 Å². The zero-order chi connectivity index (χ0) is 35.2. The van der Waals surface area contributed by atoms with E-state index in [1.54, 1.807) is 0 Å². The van der Waals surface area contributed by atoms with Crippen molar-refractivity contribution in [3.05, 3.63) is 175 Å². The number of nitrogens with zero attached hydrogens (tertiary/aromatic N) is 5. The lowest BCUT2D eigenvalue weighted by Gasteiger charge is -2.16. The molecule has 0 radical (unpaired) electrons. The molecule has 5 nitrogen and oxygen atoms in total. The maximum atomic E-state index is 10.6. The Bertz CT molecular complexity index is 3320. The van der Waals surface area contributed by atoms with Crippen LogP contribution in [0.2, 0.25) is 0 Å². The molecule has 0 atom stereocenters. The van der Waals surface area contributed by atoms with Crippen LogP contribution in [0.25, 0.3) is 93.3 Å². The number of para-hydroxylation sites is 4. The van der Waals surface area contributed by atoms with Crippen molar-refractivity contribution in [2.24, 2.45) is 0 Å². The zero-order valence-corrected chi connectivity index (χ0v) is 28.3. The zero-order valence-electron chi connectivity index (χ0n) is 28.3. The fraction of sp³-hybridized carbons (Fsp3) is 0. The number of aromatic nitrogens is 3. The van der Waals surface area contributed by atoms with Crippen LogP contribution in [0.3, 0.4) is 0 Å². The predicted octanol–water partition coefficient (Wildman–Crippen LogP) is 11.9. The molecule has 244 valence electrons. The van der Waals surface area contributed by atoms with Gasteiger partial charge in [-0.25, -0.2) is 0 Å². The van der Waals surface area contributed by atoms with Crippen LogP contribution in [0.1, 0.15) is 11.1 Å². The van der Waals surface area contributed by atoms with E-state index < -0.39 is 0 Å². The van der Waals surface area contributed by atoms with E-state index in [4.69, 9.17) is 0 Å². The third-order valence-electron chi connectivity index (χ3n) is 10.9. The molecular formula is C48H27N5. The molecular weight excluding hydrogens is 647 g/mol. The summed E-state index contributed by atoms with van der Waals surface area (Å²) in [6, 6.07) is 62.0. The van der Waals surface area contributed by atoms with Gasteiger partial charge in [0.15, 0.2) is 0 Å². The van der Waals surface area contributed by atoms with Crippen molar-refractivity contribution in [3.8, 4) is 29.2 Å². The van der Waals surface area contributed by atoms with Crippen LogP contribution in [0.15, 0.2) is 164 Å². The third-order valence-corrected chi connectivity index (χ3v) is 10.9.